The fourth-order valence-corrected chi connectivity index (χ4v) is 1.71. The van der Waals surface area contributed by atoms with Gasteiger partial charge in [0.25, 0.3) is 0 Å². The van der Waals surface area contributed by atoms with E-state index in [0.29, 0.717) is 0 Å². The lowest BCUT2D eigenvalue weighted by atomic mass is 10.1. The van der Waals surface area contributed by atoms with Crippen LogP contribution in [0.4, 0.5) is 5.69 Å². The summed E-state index contributed by atoms with van der Waals surface area (Å²) in [6.07, 6.45) is 7.18. The highest BCUT2D eigenvalue weighted by molar-refractivity contribution is 6.03. The summed E-state index contributed by atoms with van der Waals surface area (Å²) < 4.78 is 0. The molecular weight excluding hydrogens is 186 g/mol. The van der Waals surface area contributed by atoms with Gasteiger partial charge >= 0.3 is 0 Å². The SMILES string of the molecule is C1=CNc2ccc3cccnc3c2C=N1. The second-order valence-electron chi connectivity index (χ2n) is 3.34. The summed E-state index contributed by atoms with van der Waals surface area (Å²) in [6.45, 7) is 0. The van der Waals surface area contributed by atoms with Crippen molar-refractivity contribution in [2.24, 2.45) is 4.99 Å². The minimum atomic E-state index is 0.981. The highest BCUT2D eigenvalue weighted by atomic mass is 14.9. The number of hydrogen-bond donors (Lipinski definition) is 1. The smallest absolute Gasteiger partial charge is 0.0810 e. The van der Waals surface area contributed by atoms with Crippen molar-refractivity contribution in [3.8, 4) is 0 Å². The van der Waals surface area contributed by atoms with E-state index in [4.69, 9.17) is 0 Å². The second kappa shape index (κ2) is 3.20. The van der Waals surface area contributed by atoms with E-state index in [1.807, 2.05) is 24.5 Å². The summed E-state index contributed by atoms with van der Waals surface area (Å²) in [5.74, 6) is 0. The molecule has 2 aromatic rings. The van der Waals surface area contributed by atoms with Gasteiger partial charge in [-0.2, -0.15) is 0 Å². The number of nitrogens with one attached hydrogen (secondary N) is 1. The molecule has 0 atom stereocenters. The van der Waals surface area contributed by atoms with Crippen LogP contribution in [0.15, 0.2) is 47.9 Å². The summed E-state index contributed by atoms with van der Waals surface area (Å²) in [6, 6.07) is 8.09. The van der Waals surface area contributed by atoms with Crippen LogP contribution in [0.25, 0.3) is 10.9 Å². The molecule has 15 heavy (non-hydrogen) atoms. The average molecular weight is 195 g/mol. The van der Waals surface area contributed by atoms with Gasteiger partial charge in [-0.25, -0.2) is 0 Å². The van der Waals surface area contributed by atoms with Gasteiger partial charge in [-0.1, -0.05) is 12.1 Å². The van der Waals surface area contributed by atoms with Crippen LogP contribution in [0.1, 0.15) is 5.56 Å². The summed E-state index contributed by atoms with van der Waals surface area (Å²) in [5.41, 5.74) is 3.06. The van der Waals surface area contributed by atoms with Gasteiger partial charge in [0.2, 0.25) is 0 Å². The molecule has 0 spiro atoms. The van der Waals surface area contributed by atoms with Gasteiger partial charge in [0.1, 0.15) is 0 Å². The number of aromatic nitrogens is 1. The van der Waals surface area contributed by atoms with Crippen molar-refractivity contribution in [2.45, 2.75) is 0 Å². The summed E-state index contributed by atoms with van der Waals surface area (Å²) in [7, 11) is 0. The van der Waals surface area contributed by atoms with Crippen LogP contribution in [0.5, 0.6) is 0 Å². The van der Waals surface area contributed by atoms with Gasteiger partial charge in [-0.15, -0.1) is 0 Å². The largest absolute Gasteiger partial charge is 0.360 e. The number of anilines is 1. The Hall–Kier alpha value is -2.16. The predicted octanol–water partition coefficient (Wildman–Crippen LogP) is 2.55. The topological polar surface area (TPSA) is 37.3 Å². The molecule has 72 valence electrons. The minimum Gasteiger partial charge on any atom is -0.360 e. The highest BCUT2D eigenvalue weighted by Gasteiger charge is 2.06. The van der Waals surface area contributed by atoms with E-state index in [1.165, 1.54) is 0 Å². The molecule has 0 radical (unpaired) electrons. The Balaban J connectivity index is 2.38. The zero-order valence-electron chi connectivity index (χ0n) is 8.01. The van der Waals surface area contributed by atoms with E-state index in [-0.39, 0.29) is 0 Å². The van der Waals surface area contributed by atoms with E-state index < -0.39 is 0 Å². The number of aliphatic imine (C=N–C) groups is 1. The maximum absolute atomic E-state index is 4.38. The Bertz CT molecular complexity index is 570. The molecular formula is C12H9N3. The van der Waals surface area contributed by atoms with E-state index in [2.05, 4.69) is 27.4 Å². The van der Waals surface area contributed by atoms with Crippen molar-refractivity contribution in [3.63, 3.8) is 0 Å². The molecule has 3 heteroatoms. The van der Waals surface area contributed by atoms with Crippen molar-refractivity contribution >= 4 is 22.8 Å². The number of hydrogen-bond acceptors (Lipinski definition) is 3. The fourth-order valence-electron chi connectivity index (χ4n) is 1.71. The second-order valence-corrected chi connectivity index (χ2v) is 3.34. The molecule has 1 aromatic carbocycles. The van der Waals surface area contributed by atoms with Crippen LogP contribution in [-0.4, -0.2) is 11.2 Å². The molecule has 0 bridgehead atoms. The van der Waals surface area contributed by atoms with E-state index in [1.54, 1.807) is 12.4 Å². The van der Waals surface area contributed by atoms with Gasteiger partial charge in [-0.3, -0.25) is 9.98 Å². The van der Waals surface area contributed by atoms with Crippen molar-refractivity contribution in [2.75, 3.05) is 5.32 Å². The Morgan fingerprint density at radius 2 is 2.13 bits per heavy atom. The molecule has 0 aliphatic carbocycles. The van der Waals surface area contributed by atoms with Crippen LogP contribution in [0.3, 0.4) is 0 Å². The molecule has 0 saturated heterocycles. The normalized spacial score (nSPS) is 13.3. The van der Waals surface area contributed by atoms with E-state index >= 15 is 0 Å². The van der Waals surface area contributed by atoms with Crippen LogP contribution in [-0.2, 0) is 0 Å². The van der Waals surface area contributed by atoms with Crippen molar-refractivity contribution in [3.05, 3.63) is 48.4 Å². The highest BCUT2D eigenvalue weighted by Crippen LogP contribution is 2.23. The van der Waals surface area contributed by atoms with Gasteiger partial charge in [-0.05, 0) is 12.1 Å². The van der Waals surface area contributed by atoms with Gasteiger partial charge in [0.15, 0.2) is 0 Å². The third-order valence-corrected chi connectivity index (χ3v) is 2.42. The third kappa shape index (κ3) is 1.29. The third-order valence-electron chi connectivity index (χ3n) is 2.42. The molecule has 0 amide bonds. The monoisotopic (exact) mass is 195 g/mol. The zero-order chi connectivity index (χ0) is 10.1. The molecule has 1 aliphatic heterocycles. The fraction of sp³-hybridized carbons (Fsp3) is 0. The summed E-state index contributed by atoms with van der Waals surface area (Å²) >= 11 is 0. The first-order chi connectivity index (χ1) is 7.45. The lowest BCUT2D eigenvalue weighted by Gasteiger charge is -2.06. The number of rotatable bonds is 0. The molecule has 1 aliphatic rings. The summed E-state index contributed by atoms with van der Waals surface area (Å²) in [5, 5.41) is 4.30. The van der Waals surface area contributed by atoms with E-state index in [9.17, 15) is 0 Å². The molecule has 0 unspecified atom stereocenters. The molecule has 0 fully saturated rings. The quantitative estimate of drug-likeness (QED) is 0.701. The standard InChI is InChI=1S/C12H9N3/c1-2-9-3-4-11-10(12(9)15-5-1)8-13-6-7-14-11/h1-8,14H. The Morgan fingerprint density at radius 3 is 3.13 bits per heavy atom. The molecule has 2 heterocycles. The van der Waals surface area contributed by atoms with Crippen molar-refractivity contribution < 1.29 is 0 Å². The molecule has 0 saturated carbocycles. The Kier molecular flexibility index (Phi) is 1.75. The zero-order valence-corrected chi connectivity index (χ0v) is 8.01. The maximum atomic E-state index is 4.38. The number of nitrogens with zero attached hydrogens (tertiary/aromatic N) is 2. The first-order valence-electron chi connectivity index (χ1n) is 4.77. The lowest BCUT2D eigenvalue weighted by molar-refractivity contribution is 1.40. The van der Waals surface area contributed by atoms with Crippen LogP contribution in [0.2, 0.25) is 0 Å². The molecule has 3 rings (SSSR count). The maximum Gasteiger partial charge on any atom is 0.0810 e. The lowest BCUT2D eigenvalue weighted by Crippen LogP contribution is -1.94. The van der Waals surface area contributed by atoms with Crippen molar-refractivity contribution in [1.29, 1.82) is 0 Å². The number of pyridine rings is 1. The molecule has 1 aromatic heterocycles. The van der Waals surface area contributed by atoms with Crippen LogP contribution >= 0.6 is 0 Å². The van der Waals surface area contributed by atoms with Crippen molar-refractivity contribution in [1.82, 2.24) is 4.98 Å². The average Bonchev–Trinajstić information content (AvgIpc) is 2.54. The summed E-state index contributed by atoms with van der Waals surface area (Å²) in [4.78, 5) is 8.53. The Labute approximate surface area is 87.2 Å². The van der Waals surface area contributed by atoms with Crippen LogP contribution < -0.4 is 5.32 Å². The Morgan fingerprint density at radius 1 is 1.13 bits per heavy atom. The van der Waals surface area contributed by atoms with Gasteiger partial charge in [0, 0.05) is 41.4 Å². The number of benzene rings is 1. The first kappa shape index (κ1) is 8.17. The first-order valence-corrected chi connectivity index (χ1v) is 4.77. The van der Waals surface area contributed by atoms with Gasteiger partial charge < -0.3 is 5.32 Å². The predicted molar refractivity (Wildman–Crippen MR) is 62.1 cm³/mol. The van der Waals surface area contributed by atoms with E-state index in [0.717, 1.165) is 22.2 Å². The van der Waals surface area contributed by atoms with Crippen LogP contribution in [0, 0.1) is 0 Å². The van der Waals surface area contributed by atoms with Gasteiger partial charge in [0.05, 0.1) is 5.52 Å². The molecule has 3 nitrogen and oxygen atoms in total. The number of fused-ring (bicyclic) bond motifs is 3. The minimum absolute atomic E-state index is 0.981. The molecule has 1 N–H and O–H groups in total.